The van der Waals surface area contributed by atoms with E-state index in [-0.39, 0.29) is 0 Å². The van der Waals surface area contributed by atoms with Crippen LogP contribution < -0.4 is 10.5 Å². The topological polar surface area (TPSA) is 35.2 Å². The molecule has 0 radical (unpaired) electrons. The van der Waals surface area contributed by atoms with Crippen molar-refractivity contribution in [3.63, 3.8) is 0 Å². The lowest BCUT2D eigenvalue weighted by molar-refractivity contribution is 0.415. The van der Waals surface area contributed by atoms with Crippen LogP contribution in [0.1, 0.15) is 5.56 Å². The molecule has 2 nitrogen and oxygen atoms in total. The van der Waals surface area contributed by atoms with Crippen LogP contribution in [-0.4, -0.2) is 13.0 Å². The van der Waals surface area contributed by atoms with Gasteiger partial charge in [0.2, 0.25) is 0 Å². The van der Waals surface area contributed by atoms with Crippen molar-refractivity contribution in [2.75, 3.05) is 18.7 Å². The summed E-state index contributed by atoms with van der Waals surface area (Å²) in [6.07, 6.45) is 3.72. The zero-order valence-corrected chi connectivity index (χ0v) is 8.21. The molecule has 0 bridgehead atoms. The lowest BCUT2D eigenvalue weighted by Gasteiger charge is -2.03. The predicted molar refractivity (Wildman–Crippen MR) is 57.2 cm³/mol. The van der Waals surface area contributed by atoms with Gasteiger partial charge in [-0.05, 0) is 18.2 Å². The predicted octanol–water partition coefficient (Wildman–Crippen LogP) is 2.53. The summed E-state index contributed by atoms with van der Waals surface area (Å²) in [5, 5.41) is 0. The average molecular weight is 198 g/mol. The zero-order chi connectivity index (χ0) is 9.68. The maximum absolute atomic E-state index is 5.74. The van der Waals surface area contributed by atoms with Crippen molar-refractivity contribution in [3.8, 4) is 5.75 Å². The van der Waals surface area contributed by atoms with Crippen molar-refractivity contribution in [1.82, 2.24) is 0 Å². The number of nitrogen functional groups attached to an aromatic ring is 1. The monoisotopic (exact) mass is 197 g/mol. The van der Waals surface area contributed by atoms with E-state index in [2.05, 4.69) is 0 Å². The Morgan fingerprint density at radius 2 is 2.31 bits per heavy atom. The van der Waals surface area contributed by atoms with Crippen LogP contribution in [0, 0.1) is 0 Å². The van der Waals surface area contributed by atoms with Gasteiger partial charge < -0.3 is 10.5 Å². The molecule has 0 atom stereocenters. The molecule has 1 aromatic rings. The van der Waals surface area contributed by atoms with E-state index < -0.39 is 0 Å². The van der Waals surface area contributed by atoms with Gasteiger partial charge >= 0.3 is 0 Å². The van der Waals surface area contributed by atoms with Crippen molar-refractivity contribution in [2.24, 2.45) is 0 Å². The minimum atomic E-state index is 0.483. The molecule has 3 heteroatoms. The van der Waals surface area contributed by atoms with E-state index in [1.807, 2.05) is 30.4 Å². The van der Waals surface area contributed by atoms with E-state index in [9.17, 15) is 0 Å². The van der Waals surface area contributed by atoms with Crippen LogP contribution in [0.3, 0.4) is 0 Å². The van der Waals surface area contributed by atoms with Gasteiger partial charge in [0.05, 0.1) is 7.11 Å². The van der Waals surface area contributed by atoms with Crippen molar-refractivity contribution >= 4 is 23.4 Å². The number of ether oxygens (including phenoxy) is 1. The number of hydrogen-bond acceptors (Lipinski definition) is 2. The molecule has 0 aliphatic rings. The molecule has 0 aliphatic heterocycles. The number of methoxy groups -OCH3 is 1. The van der Waals surface area contributed by atoms with Gasteiger partial charge in [0.15, 0.2) is 0 Å². The first-order valence-electron chi connectivity index (χ1n) is 3.94. The summed E-state index contributed by atoms with van der Waals surface area (Å²) < 4.78 is 5.07. The highest BCUT2D eigenvalue weighted by molar-refractivity contribution is 6.19. The van der Waals surface area contributed by atoms with E-state index >= 15 is 0 Å². The summed E-state index contributed by atoms with van der Waals surface area (Å²) in [4.78, 5) is 0. The highest BCUT2D eigenvalue weighted by Crippen LogP contribution is 2.20. The van der Waals surface area contributed by atoms with Crippen molar-refractivity contribution < 1.29 is 4.74 Å². The number of halogens is 1. The Kier molecular flexibility index (Phi) is 3.65. The third kappa shape index (κ3) is 2.67. The fourth-order valence-corrected chi connectivity index (χ4v) is 1.08. The lowest BCUT2D eigenvalue weighted by atomic mass is 10.1. The molecule has 0 heterocycles. The Hall–Kier alpha value is -1.15. The lowest BCUT2D eigenvalue weighted by Crippen LogP contribution is -1.90. The summed E-state index contributed by atoms with van der Waals surface area (Å²) in [5.74, 6) is 1.28. The maximum Gasteiger partial charge on any atom is 0.119 e. The van der Waals surface area contributed by atoms with Crippen LogP contribution in [0.5, 0.6) is 5.75 Å². The fourth-order valence-electron chi connectivity index (χ4n) is 0.996. The first-order chi connectivity index (χ1) is 6.27. The summed E-state index contributed by atoms with van der Waals surface area (Å²) in [5.41, 5.74) is 7.39. The summed E-state index contributed by atoms with van der Waals surface area (Å²) in [7, 11) is 1.63. The number of anilines is 1. The molecule has 0 saturated carbocycles. The van der Waals surface area contributed by atoms with Crippen molar-refractivity contribution in [3.05, 3.63) is 29.8 Å². The molecule has 1 rings (SSSR count). The largest absolute Gasteiger partial charge is 0.497 e. The number of rotatable bonds is 3. The second-order valence-electron chi connectivity index (χ2n) is 2.55. The Morgan fingerprint density at radius 1 is 1.54 bits per heavy atom. The Morgan fingerprint density at radius 3 is 2.92 bits per heavy atom. The molecular weight excluding hydrogens is 186 g/mol. The van der Waals surface area contributed by atoms with Crippen LogP contribution in [0.25, 0.3) is 6.08 Å². The molecule has 0 spiro atoms. The van der Waals surface area contributed by atoms with Gasteiger partial charge in [-0.25, -0.2) is 0 Å². The van der Waals surface area contributed by atoms with E-state index in [0.717, 1.165) is 17.0 Å². The van der Waals surface area contributed by atoms with E-state index in [4.69, 9.17) is 22.1 Å². The van der Waals surface area contributed by atoms with Crippen LogP contribution >= 0.6 is 11.6 Å². The highest BCUT2D eigenvalue weighted by atomic mass is 35.5. The second kappa shape index (κ2) is 4.77. The molecule has 0 fully saturated rings. The Bertz CT molecular complexity index is 310. The number of hydrogen-bond donors (Lipinski definition) is 1. The zero-order valence-electron chi connectivity index (χ0n) is 7.46. The Balaban J connectivity index is 2.97. The number of nitrogens with two attached hydrogens (primary N) is 1. The molecule has 0 unspecified atom stereocenters. The van der Waals surface area contributed by atoms with Gasteiger partial charge in [-0.2, -0.15) is 0 Å². The van der Waals surface area contributed by atoms with Gasteiger partial charge in [0, 0.05) is 17.1 Å². The van der Waals surface area contributed by atoms with Crippen molar-refractivity contribution in [2.45, 2.75) is 0 Å². The average Bonchev–Trinajstić information content (AvgIpc) is 2.17. The van der Waals surface area contributed by atoms with Gasteiger partial charge in [-0.1, -0.05) is 12.2 Å². The van der Waals surface area contributed by atoms with Crippen molar-refractivity contribution in [1.29, 1.82) is 0 Å². The quantitative estimate of drug-likeness (QED) is 0.597. The van der Waals surface area contributed by atoms with Crippen LogP contribution in [-0.2, 0) is 0 Å². The summed E-state index contributed by atoms with van der Waals surface area (Å²) in [6.45, 7) is 0. The number of benzene rings is 1. The SMILES string of the molecule is COc1ccc(N)c(C=CCCl)c1. The first-order valence-corrected chi connectivity index (χ1v) is 4.47. The molecule has 13 heavy (non-hydrogen) atoms. The highest BCUT2D eigenvalue weighted by Gasteiger charge is 1.96. The van der Waals surface area contributed by atoms with Crippen LogP contribution in [0.15, 0.2) is 24.3 Å². The molecule has 70 valence electrons. The van der Waals surface area contributed by atoms with E-state index in [1.54, 1.807) is 7.11 Å². The number of alkyl halides is 1. The molecule has 0 aromatic heterocycles. The van der Waals surface area contributed by atoms with E-state index in [0.29, 0.717) is 5.88 Å². The number of allylic oxidation sites excluding steroid dienone is 1. The molecule has 1 aromatic carbocycles. The van der Waals surface area contributed by atoms with Crippen LogP contribution in [0.2, 0.25) is 0 Å². The standard InChI is InChI=1S/C10H12ClNO/c1-13-9-4-5-10(12)8(7-9)3-2-6-11/h2-5,7H,6,12H2,1H3. The summed E-state index contributed by atoms with van der Waals surface area (Å²) in [6, 6.07) is 5.51. The van der Waals surface area contributed by atoms with Gasteiger partial charge in [0.1, 0.15) is 5.75 Å². The molecule has 0 amide bonds. The summed E-state index contributed by atoms with van der Waals surface area (Å²) >= 11 is 5.52. The van der Waals surface area contributed by atoms with Crippen LogP contribution in [0.4, 0.5) is 5.69 Å². The third-order valence-electron chi connectivity index (χ3n) is 1.68. The maximum atomic E-state index is 5.74. The second-order valence-corrected chi connectivity index (χ2v) is 2.86. The Labute approximate surface area is 83.0 Å². The van der Waals surface area contributed by atoms with Gasteiger partial charge in [-0.3, -0.25) is 0 Å². The molecule has 0 saturated heterocycles. The smallest absolute Gasteiger partial charge is 0.119 e. The van der Waals surface area contributed by atoms with Gasteiger partial charge in [-0.15, -0.1) is 11.6 Å². The van der Waals surface area contributed by atoms with E-state index in [1.165, 1.54) is 0 Å². The van der Waals surface area contributed by atoms with Gasteiger partial charge in [0.25, 0.3) is 0 Å². The first kappa shape index (κ1) is 9.93. The minimum absolute atomic E-state index is 0.483. The fraction of sp³-hybridized carbons (Fsp3) is 0.200. The third-order valence-corrected chi connectivity index (χ3v) is 1.86. The molecular formula is C10H12ClNO. The molecule has 0 aliphatic carbocycles. The normalized spacial score (nSPS) is 10.6. The molecule has 2 N–H and O–H groups in total. The minimum Gasteiger partial charge on any atom is -0.497 e.